The monoisotopic (exact) mass is 349 g/mol. The predicted molar refractivity (Wildman–Crippen MR) is 95.8 cm³/mol. The molecule has 0 radical (unpaired) electrons. The van der Waals surface area contributed by atoms with Crippen LogP contribution < -0.4 is 0 Å². The zero-order valence-electron chi connectivity index (χ0n) is 14.4. The minimum absolute atomic E-state index is 0.101. The molecular weight excluding hydrogens is 322 g/mol. The molecule has 3 heterocycles. The Hall–Kier alpha value is -1.40. The van der Waals surface area contributed by atoms with E-state index in [-0.39, 0.29) is 11.8 Å². The highest BCUT2D eigenvalue weighted by molar-refractivity contribution is 7.09. The molecule has 2 aliphatic rings. The standard InChI is InChI=1S/C18H27N3O2S/c1-15(22)20-9-5-16(6-10-20)18(23)21-8-3-7-19(11-12-21)14-17-4-2-13-24-17/h2,4,13,16H,3,5-12,14H2,1H3. The maximum Gasteiger partial charge on any atom is 0.225 e. The number of carbonyl (C=O) groups is 2. The van der Waals surface area contributed by atoms with E-state index in [1.807, 2.05) is 4.90 Å². The van der Waals surface area contributed by atoms with Gasteiger partial charge in [-0.05, 0) is 30.7 Å². The number of hydrogen-bond acceptors (Lipinski definition) is 4. The van der Waals surface area contributed by atoms with Gasteiger partial charge in [0.05, 0.1) is 0 Å². The van der Waals surface area contributed by atoms with Gasteiger partial charge in [-0.25, -0.2) is 0 Å². The van der Waals surface area contributed by atoms with Crippen molar-refractivity contribution in [2.45, 2.75) is 32.7 Å². The van der Waals surface area contributed by atoms with Crippen LogP contribution in [0.3, 0.4) is 0 Å². The van der Waals surface area contributed by atoms with E-state index in [2.05, 4.69) is 27.3 Å². The van der Waals surface area contributed by atoms with E-state index < -0.39 is 0 Å². The van der Waals surface area contributed by atoms with Crippen LogP contribution in [0.25, 0.3) is 0 Å². The Bertz CT molecular complexity index is 553. The highest BCUT2D eigenvalue weighted by Gasteiger charge is 2.30. The zero-order chi connectivity index (χ0) is 16.9. The summed E-state index contributed by atoms with van der Waals surface area (Å²) in [4.78, 5) is 32.0. The predicted octanol–water partition coefficient (Wildman–Crippen LogP) is 2.04. The van der Waals surface area contributed by atoms with Crippen LogP contribution in [0.4, 0.5) is 0 Å². The normalized spacial score (nSPS) is 20.9. The topological polar surface area (TPSA) is 43.9 Å². The van der Waals surface area contributed by atoms with Crippen molar-refractivity contribution in [1.82, 2.24) is 14.7 Å². The summed E-state index contributed by atoms with van der Waals surface area (Å²) in [7, 11) is 0. The lowest BCUT2D eigenvalue weighted by molar-refractivity contribution is -0.140. The first-order chi connectivity index (χ1) is 11.6. The van der Waals surface area contributed by atoms with Crippen LogP contribution in [0, 0.1) is 5.92 Å². The Balaban J connectivity index is 1.48. The molecule has 6 heteroatoms. The fraction of sp³-hybridized carbons (Fsp3) is 0.667. The molecule has 1 aromatic heterocycles. The molecule has 2 amide bonds. The highest BCUT2D eigenvalue weighted by Crippen LogP contribution is 2.21. The molecule has 0 saturated carbocycles. The second kappa shape index (κ2) is 8.12. The van der Waals surface area contributed by atoms with Crippen LogP contribution in [-0.4, -0.2) is 65.8 Å². The number of rotatable bonds is 3. The van der Waals surface area contributed by atoms with Gasteiger partial charge in [0.2, 0.25) is 11.8 Å². The molecule has 2 aliphatic heterocycles. The molecule has 3 rings (SSSR count). The van der Waals surface area contributed by atoms with Gasteiger partial charge in [-0.15, -0.1) is 11.3 Å². The minimum Gasteiger partial charge on any atom is -0.343 e. The van der Waals surface area contributed by atoms with Gasteiger partial charge in [0.1, 0.15) is 0 Å². The molecule has 0 spiro atoms. The molecule has 0 bridgehead atoms. The Morgan fingerprint density at radius 2 is 1.88 bits per heavy atom. The largest absolute Gasteiger partial charge is 0.343 e. The Kier molecular flexibility index (Phi) is 5.89. The average Bonchev–Trinajstić information content (AvgIpc) is 2.99. The van der Waals surface area contributed by atoms with Gasteiger partial charge in [0, 0.05) is 63.5 Å². The van der Waals surface area contributed by atoms with Crippen LogP contribution >= 0.6 is 11.3 Å². The number of nitrogens with zero attached hydrogens (tertiary/aromatic N) is 3. The van der Waals surface area contributed by atoms with Gasteiger partial charge in [-0.1, -0.05) is 6.07 Å². The third-order valence-electron chi connectivity index (χ3n) is 5.15. The third-order valence-corrected chi connectivity index (χ3v) is 6.01. The quantitative estimate of drug-likeness (QED) is 0.839. The van der Waals surface area contributed by atoms with Crippen molar-refractivity contribution >= 4 is 23.2 Å². The van der Waals surface area contributed by atoms with Gasteiger partial charge in [-0.2, -0.15) is 0 Å². The molecule has 0 atom stereocenters. The molecule has 0 unspecified atom stereocenters. The van der Waals surface area contributed by atoms with Crippen LogP contribution in [0.1, 0.15) is 31.1 Å². The Morgan fingerprint density at radius 3 is 2.54 bits per heavy atom. The van der Waals surface area contributed by atoms with Crippen molar-refractivity contribution in [1.29, 1.82) is 0 Å². The SMILES string of the molecule is CC(=O)N1CCC(C(=O)N2CCCN(Cc3cccs3)CC2)CC1. The lowest BCUT2D eigenvalue weighted by atomic mass is 9.95. The first-order valence-electron chi connectivity index (χ1n) is 8.92. The van der Waals surface area contributed by atoms with Crippen molar-refractivity contribution in [3.63, 3.8) is 0 Å². The summed E-state index contributed by atoms with van der Waals surface area (Å²) < 4.78 is 0. The molecule has 0 aliphatic carbocycles. The summed E-state index contributed by atoms with van der Waals surface area (Å²) in [6, 6.07) is 4.28. The van der Waals surface area contributed by atoms with Crippen LogP contribution in [-0.2, 0) is 16.1 Å². The maximum absolute atomic E-state index is 12.8. The molecule has 0 N–H and O–H groups in total. The number of amides is 2. The van der Waals surface area contributed by atoms with E-state index in [1.165, 1.54) is 4.88 Å². The second-order valence-electron chi connectivity index (χ2n) is 6.81. The second-order valence-corrected chi connectivity index (χ2v) is 7.85. The van der Waals surface area contributed by atoms with Crippen LogP contribution in [0.15, 0.2) is 17.5 Å². The van der Waals surface area contributed by atoms with Gasteiger partial charge in [0.15, 0.2) is 0 Å². The van der Waals surface area contributed by atoms with Crippen molar-refractivity contribution < 1.29 is 9.59 Å². The Labute approximate surface area is 148 Å². The summed E-state index contributed by atoms with van der Waals surface area (Å²) >= 11 is 1.80. The van der Waals surface area contributed by atoms with Crippen molar-refractivity contribution in [2.24, 2.45) is 5.92 Å². The van der Waals surface area contributed by atoms with E-state index in [1.54, 1.807) is 18.3 Å². The average molecular weight is 350 g/mol. The van der Waals surface area contributed by atoms with Crippen LogP contribution in [0.5, 0.6) is 0 Å². The highest BCUT2D eigenvalue weighted by atomic mass is 32.1. The molecule has 132 valence electrons. The lowest BCUT2D eigenvalue weighted by Gasteiger charge is -2.33. The summed E-state index contributed by atoms with van der Waals surface area (Å²) in [5.74, 6) is 0.528. The third kappa shape index (κ3) is 4.36. The molecule has 2 fully saturated rings. The zero-order valence-corrected chi connectivity index (χ0v) is 15.3. The first kappa shape index (κ1) is 17.4. The van der Waals surface area contributed by atoms with E-state index >= 15 is 0 Å². The summed E-state index contributed by atoms with van der Waals surface area (Å²) in [6.45, 7) is 7.77. The smallest absolute Gasteiger partial charge is 0.225 e. The molecule has 1 aromatic rings. The number of carbonyl (C=O) groups excluding carboxylic acids is 2. The van der Waals surface area contributed by atoms with Crippen LogP contribution in [0.2, 0.25) is 0 Å². The first-order valence-corrected chi connectivity index (χ1v) is 9.80. The van der Waals surface area contributed by atoms with Gasteiger partial charge < -0.3 is 9.80 Å². The van der Waals surface area contributed by atoms with Crippen molar-refractivity contribution in [3.8, 4) is 0 Å². The van der Waals surface area contributed by atoms with E-state index in [0.29, 0.717) is 5.91 Å². The van der Waals surface area contributed by atoms with E-state index in [0.717, 1.165) is 65.1 Å². The number of thiophene rings is 1. The van der Waals surface area contributed by atoms with Gasteiger partial charge >= 0.3 is 0 Å². The number of piperidine rings is 1. The van der Waals surface area contributed by atoms with Gasteiger partial charge in [-0.3, -0.25) is 14.5 Å². The summed E-state index contributed by atoms with van der Waals surface area (Å²) in [5, 5.41) is 2.12. The molecular formula is C18H27N3O2S. The van der Waals surface area contributed by atoms with E-state index in [4.69, 9.17) is 0 Å². The molecule has 0 aromatic carbocycles. The molecule has 2 saturated heterocycles. The molecule has 5 nitrogen and oxygen atoms in total. The van der Waals surface area contributed by atoms with E-state index in [9.17, 15) is 9.59 Å². The molecule has 24 heavy (non-hydrogen) atoms. The number of likely N-dealkylation sites (tertiary alicyclic amines) is 1. The summed E-state index contributed by atoms with van der Waals surface area (Å²) in [6.07, 6.45) is 2.67. The maximum atomic E-state index is 12.8. The lowest BCUT2D eigenvalue weighted by Crippen LogP contribution is -2.44. The van der Waals surface area contributed by atoms with Crippen molar-refractivity contribution in [3.05, 3.63) is 22.4 Å². The minimum atomic E-state index is 0.101. The summed E-state index contributed by atoms with van der Waals surface area (Å²) in [5.41, 5.74) is 0. The fourth-order valence-electron chi connectivity index (χ4n) is 3.67. The Morgan fingerprint density at radius 1 is 1.08 bits per heavy atom. The van der Waals surface area contributed by atoms with Crippen molar-refractivity contribution in [2.75, 3.05) is 39.3 Å². The fourth-order valence-corrected chi connectivity index (χ4v) is 4.42. The number of hydrogen-bond donors (Lipinski definition) is 0. The van der Waals surface area contributed by atoms with Gasteiger partial charge in [0.25, 0.3) is 0 Å².